The van der Waals surface area contributed by atoms with Gasteiger partial charge in [-0.25, -0.2) is 9.78 Å². The van der Waals surface area contributed by atoms with Gasteiger partial charge in [0.2, 0.25) is 6.79 Å². The second kappa shape index (κ2) is 9.32. The van der Waals surface area contributed by atoms with Crippen molar-refractivity contribution in [3.8, 4) is 22.6 Å². The van der Waals surface area contributed by atoms with Gasteiger partial charge in [-0.2, -0.15) is 0 Å². The fraction of sp³-hybridized carbons (Fsp3) is 0.292. The number of amides is 1. The zero-order valence-electron chi connectivity index (χ0n) is 19.3. The van der Waals surface area contributed by atoms with Crippen LogP contribution in [-0.4, -0.2) is 41.8 Å². The van der Waals surface area contributed by atoms with Crippen molar-refractivity contribution in [1.29, 1.82) is 5.41 Å². The van der Waals surface area contributed by atoms with E-state index in [1.165, 1.54) is 17.4 Å². The van der Waals surface area contributed by atoms with Crippen LogP contribution in [0, 0.1) is 5.41 Å². The average molecular weight is 483 g/mol. The molecule has 9 nitrogen and oxygen atoms in total. The quantitative estimate of drug-likeness (QED) is 0.371. The summed E-state index contributed by atoms with van der Waals surface area (Å²) >= 11 is 1.28. The highest BCUT2D eigenvalue weighted by Gasteiger charge is 2.22. The van der Waals surface area contributed by atoms with Crippen LogP contribution in [0.5, 0.6) is 11.5 Å². The highest BCUT2D eigenvalue weighted by atomic mass is 32.1. The maximum Gasteiger partial charge on any atom is 0.413 e. The fourth-order valence-corrected chi connectivity index (χ4v) is 4.44. The number of nitrogens with zero attached hydrogens (tertiary/aromatic N) is 1. The van der Waals surface area contributed by atoms with Crippen LogP contribution in [0.4, 0.5) is 9.93 Å². The number of fused-ring (bicyclic) bond motifs is 2. The van der Waals surface area contributed by atoms with Crippen LogP contribution >= 0.6 is 11.3 Å². The summed E-state index contributed by atoms with van der Waals surface area (Å²) in [6, 6.07) is 9.25. The molecule has 10 heteroatoms. The van der Waals surface area contributed by atoms with Crippen molar-refractivity contribution in [2.75, 3.05) is 19.2 Å². The molecule has 34 heavy (non-hydrogen) atoms. The topological polar surface area (TPSA) is 126 Å². The van der Waals surface area contributed by atoms with Gasteiger partial charge >= 0.3 is 6.09 Å². The van der Waals surface area contributed by atoms with Gasteiger partial charge in [-0.1, -0.05) is 17.4 Å². The van der Waals surface area contributed by atoms with E-state index in [0.29, 0.717) is 33.4 Å². The Morgan fingerprint density at radius 3 is 2.74 bits per heavy atom. The third kappa shape index (κ3) is 4.97. The van der Waals surface area contributed by atoms with E-state index >= 15 is 0 Å². The summed E-state index contributed by atoms with van der Waals surface area (Å²) in [5.41, 5.74) is 2.68. The molecule has 1 aliphatic rings. The lowest BCUT2D eigenvalue weighted by molar-refractivity contribution is 0.0636. The summed E-state index contributed by atoms with van der Waals surface area (Å²) in [6.07, 6.45) is 1.02. The van der Waals surface area contributed by atoms with Gasteiger partial charge in [-0.05, 0) is 62.2 Å². The molecule has 4 N–H and O–H groups in total. The van der Waals surface area contributed by atoms with Crippen LogP contribution in [-0.2, 0) is 4.74 Å². The number of allylic oxidation sites excluding steroid dienone is 1. The lowest BCUT2D eigenvalue weighted by Gasteiger charge is -2.18. The summed E-state index contributed by atoms with van der Waals surface area (Å²) in [5.74, 6) is 1.28. The molecule has 1 atom stereocenters. The number of hydrogen-bond donors (Lipinski definition) is 4. The van der Waals surface area contributed by atoms with Crippen LogP contribution in [0.15, 0.2) is 42.1 Å². The second-order valence-corrected chi connectivity index (χ2v) is 9.60. The molecular formula is C24H26N4O5S. The van der Waals surface area contributed by atoms with Gasteiger partial charge in [0.05, 0.1) is 10.2 Å². The number of aromatic nitrogens is 1. The molecule has 2 aromatic carbocycles. The summed E-state index contributed by atoms with van der Waals surface area (Å²) < 4.78 is 17.1. The molecule has 1 unspecified atom stereocenters. The van der Waals surface area contributed by atoms with Crippen molar-refractivity contribution in [3.05, 3.63) is 47.7 Å². The predicted molar refractivity (Wildman–Crippen MR) is 132 cm³/mol. The summed E-state index contributed by atoms with van der Waals surface area (Å²) in [6.45, 7) is 5.53. The first-order valence-electron chi connectivity index (χ1n) is 10.6. The molecule has 0 radical (unpaired) electrons. The SMILES string of the molecule is CN/C(=C\C=N)C(O)c1cc(-c2ccc3c(c2)OCO3)c2nc(NC(=O)OC(C)(C)C)sc2c1. The zero-order chi connectivity index (χ0) is 24.5. The molecule has 0 aliphatic carbocycles. The average Bonchev–Trinajstić information content (AvgIpc) is 3.40. The molecule has 4 rings (SSSR count). The molecule has 0 spiro atoms. The lowest BCUT2D eigenvalue weighted by atomic mass is 9.97. The number of anilines is 1. The molecule has 0 bridgehead atoms. The fourth-order valence-electron chi connectivity index (χ4n) is 3.52. The van der Waals surface area contributed by atoms with Crippen molar-refractivity contribution in [2.45, 2.75) is 32.5 Å². The standard InChI is InChI=1S/C24H26N4O5S/c1-24(2,3)33-23(30)28-22-27-20-15(13-5-6-17-18(10-13)32-12-31-17)9-14(11-19(20)34-22)21(29)16(26-4)7-8-25/h5-11,21,25-26,29H,12H2,1-4H3,(H,27,28,30)/b16-7-,25-8?. The lowest BCUT2D eigenvalue weighted by Crippen LogP contribution is -2.27. The van der Waals surface area contributed by atoms with E-state index in [0.717, 1.165) is 22.0 Å². The van der Waals surface area contributed by atoms with E-state index in [2.05, 4.69) is 15.6 Å². The Kier molecular flexibility index (Phi) is 6.45. The minimum Gasteiger partial charge on any atom is -0.454 e. The van der Waals surface area contributed by atoms with Crippen molar-refractivity contribution < 1.29 is 24.1 Å². The Hall–Kier alpha value is -3.63. The van der Waals surface area contributed by atoms with Crippen molar-refractivity contribution in [3.63, 3.8) is 0 Å². The number of likely N-dealkylation sites (N-methyl/N-ethyl adjacent to an activating group) is 1. The van der Waals surface area contributed by atoms with E-state index in [1.54, 1.807) is 27.8 Å². The van der Waals surface area contributed by atoms with E-state index in [1.807, 2.05) is 30.3 Å². The normalized spacial score (nSPS) is 14.1. The molecule has 0 fully saturated rings. The van der Waals surface area contributed by atoms with Gasteiger partial charge in [0, 0.05) is 24.5 Å². The first-order valence-corrected chi connectivity index (χ1v) is 11.4. The first kappa shape index (κ1) is 23.5. The van der Waals surface area contributed by atoms with Gasteiger partial charge < -0.3 is 30.0 Å². The smallest absolute Gasteiger partial charge is 0.413 e. The monoisotopic (exact) mass is 482 g/mol. The van der Waals surface area contributed by atoms with Crippen LogP contribution < -0.4 is 20.1 Å². The minimum atomic E-state index is -0.992. The highest BCUT2D eigenvalue weighted by Crippen LogP contribution is 2.41. The number of rotatable bonds is 6. The van der Waals surface area contributed by atoms with Crippen LogP contribution in [0.3, 0.4) is 0 Å². The maximum absolute atomic E-state index is 12.3. The van der Waals surface area contributed by atoms with Gasteiger partial charge in [0.1, 0.15) is 11.7 Å². The molecule has 0 saturated carbocycles. The number of ether oxygens (including phenoxy) is 3. The Morgan fingerprint density at radius 1 is 1.26 bits per heavy atom. The number of carbonyl (C=O) groups is 1. The molecule has 1 aliphatic heterocycles. The molecule has 1 aromatic heterocycles. The predicted octanol–water partition coefficient (Wildman–Crippen LogP) is 4.83. The Labute approximate surface area is 200 Å². The molecule has 178 valence electrons. The number of aliphatic hydroxyl groups is 1. The summed E-state index contributed by atoms with van der Waals surface area (Å²) in [4.78, 5) is 16.9. The molecule has 1 amide bonds. The van der Waals surface area contributed by atoms with Gasteiger partial charge in [-0.3, -0.25) is 5.32 Å². The minimum absolute atomic E-state index is 0.160. The first-order chi connectivity index (χ1) is 16.2. The van der Waals surface area contributed by atoms with E-state index in [-0.39, 0.29) is 6.79 Å². The van der Waals surface area contributed by atoms with E-state index in [9.17, 15) is 9.90 Å². The van der Waals surface area contributed by atoms with Crippen molar-refractivity contribution in [2.24, 2.45) is 0 Å². The number of benzene rings is 2. The zero-order valence-corrected chi connectivity index (χ0v) is 20.1. The van der Waals surface area contributed by atoms with E-state index < -0.39 is 17.8 Å². The van der Waals surface area contributed by atoms with Gasteiger partial charge in [0.25, 0.3) is 0 Å². The van der Waals surface area contributed by atoms with Crippen molar-refractivity contribution in [1.82, 2.24) is 10.3 Å². The third-order valence-electron chi connectivity index (χ3n) is 4.97. The second-order valence-electron chi connectivity index (χ2n) is 8.57. The number of hydrogen-bond acceptors (Lipinski definition) is 9. The maximum atomic E-state index is 12.3. The molecule has 3 aromatic rings. The van der Waals surface area contributed by atoms with Crippen LogP contribution in [0.2, 0.25) is 0 Å². The largest absolute Gasteiger partial charge is 0.454 e. The Balaban J connectivity index is 1.81. The summed E-state index contributed by atoms with van der Waals surface area (Å²) in [7, 11) is 1.69. The van der Waals surface area contributed by atoms with Gasteiger partial charge in [-0.15, -0.1) is 0 Å². The third-order valence-corrected chi connectivity index (χ3v) is 5.89. The Morgan fingerprint density at radius 2 is 2.03 bits per heavy atom. The number of nitrogens with one attached hydrogen (secondary N) is 3. The highest BCUT2D eigenvalue weighted by molar-refractivity contribution is 7.22. The molecule has 2 heterocycles. The van der Waals surface area contributed by atoms with Crippen LogP contribution in [0.25, 0.3) is 21.3 Å². The van der Waals surface area contributed by atoms with Crippen LogP contribution in [0.1, 0.15) is 32.4 Å². The van der Waals surface area contributed by atoms with Crippen molar-refractivity contribution >= 4 is 39.0 Å². The molecular weight excluding hydrogens is 456 g/mol. The Bertz CT molecular complexity index is 1280. The number of aliphatic hydroxyl groups excluding tert-OH is 1. The van der Waals surface area contributed by atoms with E-state index in [4.69, 9.17) is 19.6 Å². The summed E-state index contributed by atoms with van der Waals surface area (Å²) in [5, 5.41) is 24.4. The number of carbonyl (C=O) groups excluding carboxylic acids is 1. The van der Waals surface area contributed by atoms with Gasteiger partial charge in [0.15, 0.2) is 16.6 Å². The molecule has 0 saturated heterocycles. The number of thiazole rings is 1.